The topological polar surface area (TPSA) is 107 Å². The summed E-state index contributed by atoms with van der Waals surface area (Å²) in [5.74, 6) is -0.388. The molecule has 0 aromatic carbocycles. The maximum Gasteiger partial charge on any atom is 0.433 e. The van der Waals surface area contributed by atoms with Crippen LogP contribution in [0.15, 0.2) is 21.8 Å². The maximum atomic E-state index is 13.6. The third kappa shape index (κ3) is 5.03. The number of esters is 1. The summed E-state index contributed by atoms with van der Waals surface area (Å²) in [6.45, 7) is 7.36. The molecule has 0 atom stereocenters. The Hall–Kier alpha value is -3.33. The number of aryl methyl sites for hydroxylation is 3. The first-order chi connectivity index (χ1) is 15.6. The van der Waals surface area contributed by atoms with E-state index in [-0.39, 0.29) is 34.2 Å². The minimum Gasteiger partial charge on any atom is -0.461 e. The molecular weight excluding hydrogens is 459 g/mol. The van der Waals surface area contributed by atoms with Crippen LogP contribution in [0, 0.1) is 25.2 Å². The molecule has 33 heavy (non-hydrogen) atoms. The number of nitriles is 1. The van der Waals surface area contributed by atoms with Crippen molar-refractivity contribution in [3.8, 4) is 17.2 Å². The molecule has 3 heterocycles. The Labute approximate surface area is 191 Å². The highest BCUT2D eigenvalue weighted by molar-refractivity contribution is 7.98. The van der Waals surface area contributed by atoms with Crippen molar-refractivity contribution < 1.29 is 27.2 Å². The second-order valence-corrected chi connectivity index (χ2v) is 7.87. The van der Waals surface area contributed by atoms with Crippen molar-refractivity contribution in [2.45, 2.75) is 51.2 Å². The zero-order chi connectivity index (χ0) is 24.3. The average molecular weight is 479 g/mol. The van der Waals surface area contributed by atoms with Gasteiger partial charge in [-0.15, -0.1) is 11.8 Å². The summed E-state index contributed by atoms with van der Waals surface area (Å²) in [5, 5.41) is 17.7. The molecule has 8 nitrogen and oxygen atoms in total. The van der Waals surface area contributed by atoms with Crippen molar-refractivity contribution in [2.75, 3.05) is 6.61 Å². The quantitative estimate of drug-likeness (QED) is 0.347. The second-order valence-electron chi connectivity index (χ2n) is 6.90. The van der Waals surface area contributed by atoms with Crippen LogP contribution in [0.2, 0.25) is 0 Å². The minimum absolute atomic E-state index is 0.000878. The molecule has 0 saturated heterocycles. The van der Waals surface area contributed by atoms with Gasteiger partial charge in [0.2, 0.25) is 0 Å². The van der Waals surface area contributed by atoms with Crippen LogP contribution in [0.25, 0.3) is 11.1 Å². The molecule has 0 aliphatic heterocycles. The van der Waals surface area contributed by atoms with E-state index in [1.807, 2.05) is 13.0 Å². The normalized spacial score (nSPS) is 11.5. The Morgan fingerprint density at radius 1 is 1.30 bits per heavy atom. The Bertz CT molecular complexity index is 1230. The molecule has 0 amide bonds. The van der Waals surface area contributed by atoms with E-state index in [1.165, 1.54) is 0 Å². The summed E-state index contributed by atoms with van der Waals surface area (Å²) in [4.78, 5) is 15.8. The van der Waals surface area contributed by atoms with Gasteiger partial charge in [0.05, 0.1) is 17.9 Å². The molecule has 0 aliphatic carbocycles. The molecule has 0 aliphatic rings. The number of hydrogen-bond acceptors (Lipinski definition) is 8. The molecule has 12 heteroatoms. The van der Waals surface area contributed by atoms with Crippen molar-refractivity contribution in [1.82, 2.24) is 19.9 Å². The number of aromatic nitrogens is 4. The fourth-order valence-corrected chi connectivity index (χ4v) is 4.18. The molecule has 174 valence electrons. The molecule has 3 aromatic rings. The van der Waals surface area contributed by atoms with Crippen molar-refractivity contribution >= 4 is 17.7 Å². The van der Waals surface area contributed by atoms with Gasteiger partial charge in [0.15, 0.2) is 5.69 Å². The van der Waals surface area contributed by atoms with Gasteiger partial charge in [-0.25, -0.2) is 9.78 Å². The SMILES string of the molecule is CCOC(=O)c1noc(C)c1CSc1nc(C(F)(F)F)cc(-c2cn(CC)nc2C)c1C#N. The van der Waals surface area contributed by atoms with Crippen LogP contribution in [0.1, 0.15) is 52.6 Å². The van der Waals surface area contributed by atoms with Crippen molar-refractivity contribution in [3.63, 3.8) is 0 Å². The molecule has 0 radical (unpaired) electrons. The fourth-order valence-electron chi connectivity index (χ4n) is 3.10. The fraction of sp³-hybridized carbons (Fsp3) is 0.381. The predicted molar refractivity (Wildman–Crippen MR) is 112 cm³/mol. The summed E-state index contributed by atoms with van der Waals surface area (Å²) in [6.07, 6.45) is -3.13. The minimum atomic E-state index is -4.73. The standard InChI is InChI=1S/C21H20F3N5O3S/c1-5-29-9-15(11(3)27-29)13-7-17(21(22,23)24)26-19(14(13)8-25)33-10-16-12(4)32-28-18(16)20(30)31-6-2/h7,9H,5-6,10H2,1-4H3. The zero-order valence-corrected chi connectivity index (χ0v) is 19.1. The van der Waals surface area contributed by atoms with Crippen LogP contribution in [0.4, 0.5) is 13.2 Å². The monoisotopic (exact) mass is 479 g/mol. The number of rotatable bonds is 7. The highest BCUT2D eigenvalue weighted by atomic mass is 32.2. The van der Waals surface area contributed by atoms with Crippen LogP contribution >= 0.6 is 11.8 Å². The summed E-state index contributed by atoms with van der Waals surface area (Å²) in [6, 6.07) is 2.84. The van der Waals surface area contributed by atoms with Crippen molar-refractivity contribution in [3.05, 3.63) is 46.2 Å². The first kappa shape index (κ1) is 24.3. The lowest BCUT2D eigenvalue weighted by Crippen LogP contribution is -2.11. The number of alkyl halides is 3. The van der Waals surface area contributed by atoms with E-state index in [9.17, 15) is 23.2 Å². The highest BCUT2D eigenvalue weighted by Gasteiger charge is 2.35. The molecule has 3 aromatic heterocycles. The first-order valence-corrected chi connectivity index (χ1v) is 10.9. The largest absolute Gasteiger partial charge is 0.461 e. The third-order valence-corrected chi connectivity index (χ3v) is 5.76. The van der Waals surface area contributed by atoms with E-state index in [4.69, 9.17) is 9.26 Å². The van der Waals surface area contributed by atoms with Crippen LogP contribution < -0.4 is 0 Å². The van der Waals surface area contributed by atoms with Gasteiger partial charge in [-0.05, 0) is 33.8 Å². The van der Waals surface area contributed by atoms with Crippen molar-refractivity contribution in [2.24, 2.45) is 0 Å². The first-order valence-electron chi connectivity index (χ1n) is 9.92. The lowest BCUT2D eigenvalue weighted by Gasteiger charge is -2.13. The number of carbonyl (C=O) groups is 1. The van der Waals surface area contributed by atoms with Gasteiger partial charge in [-0.2, -0.15) is 23.5 Å². The van der Waals surface area contributed by atoms with Crippen LogP contribution in [-0.4, -0.2) is 32.5 Å². The van der Waals surface area contributed by atoms with Gasteiger partial charge in [0.1, 0.15) is 22.5 Å². The van der Waals surface area contributed by atoms with Gasteiger partial charge < -0.3 is 9.26 Å². The Balaban J connectivity index is 2.09. The summed E-state index contributed by atoms with van der Waals surface area (Å²) in [7, 11) is 0. The Kier molecular flexibility index (Phi) is 7.12. The smallest absolute Gasteiger partial charge is 0.433 e. The number of nitrogens with zero attached hydrogens (tertiary/aromatic N) is 5. The number of hydrogen-bond donors (Lipinski definition) is 0. The van der Waals surface area contributed by atoms with E-state index < -0.39 is 17.8 Å². The molecular formula is C21H20F3N5O3S. The van der Waals surface area contributed by atoms with E-state index in [2.05, 4.69) is 15.2 Å². The Morgan fingerprint density at radius 3 is 2.61 bits per heavy atom. The molecule has 3 rings (SSSR count). The third-order valence-electron chi connectivity index (χ3n) is 4.76. The number of pyridine rings is 1. The van der Waals surface area contributed by atoms with Gasteiger partial charge in [0.25, 0.3) is 0 Å². The molecule has 0 fully saturated rings. The number of thioether (sulfide) groups is 1. The van der Waals surface area contributed by atoms with E-state index in [0.29, 0.717) is 29.1 Å². The van der Waals surface area contributed by atoms with Gasteiger partial charge in [0, 0.05) is 35.2 Å². The summed E-state index contributed by atoms with van der Waals surface area (Å²) in [5.41, 5.74) is 0.145. The average Bonchev–Trinajstić information content (AvgIpc) is 3.33. The van der Waals surface area contributed by atoms with Gasteiger partial charge in [-0.3, -0.25) is 4.68 Å². The van der Waals surface area contributed by atoms with E-state index >= 15 is 0 Å². The van der Waals surface area contributed by atoms with E-state index in [1.54, 1.807) is 31.6 Å². The summed E-state index contributed by atoms with van der Waals surface area (Å²) < 4.78 is 52.5. The maximum absolute atomic E-state index is 13.6. The van der Waals surface area contributed by atoms with E-state index in [0.717, 1.165) is 17.8 Å². The second kappa shape index (κ2) is 9.66. The lowest BCUT2D eigenvalue weighted by atomic mass is 10.0. The molecule has 0 spiro atoms. The molecule has 0 saturated carbocycles. The number of halogens is 3. The lowest BCUT2D eigenvalue weighted by molar-refractivity contribution is -0.141. The van der Waals surface area contributed by atoms with Crippen LogP contribution in [0.3, 0.4) is 0 Å². The van der Waals surface area contributed by atoms with Gasteiger partial charge in [-0.1, -0.05) is 5.16 Å². The molecule has 0 bridgehead atoms. The predicted octanol–water partition coefficient (Wildman–Crippen LogP) is 4.93. The van der Waals surface area contributed by atoms with Crippen LogP contribution in [0.5, 0.6) is 0 Å². The molecule has 0 unspecified atom stereocenters. The van der Waals surface area contributed by atoms with Crippen LogP contribution in [-0.2, 0) is 23.2 Å². The van der Waals surface area contributed by atoms with Crippen molar-refractivity contribution in [1.29, 1.82) is 5.26 Å². The zero-order valence-electron chi connectivity index (χ0n) is 18.3. The van der Waals surface area contributed by atoms with Gasteiger partial charge >= 0.3 is 12.1 Å². The summed E-state index contributed by atoms with van der Waals surface area (Å²) >= 11 is 0.882. The highest BCUT2D eigenvalue weighted by Crippen LogP contribution is 2.38. The number of carbonyl (C=O) groups excluding carboxylic acids is 1. The number of ether oxygens (including phenoxy) is 1. The Morgan fingerprint density at radius 2 is 2.03 bits per heavy atom. The molecule has 0 N–H and O–H groups in total.